The van der Waals surface area contributed by atoms with Gasteiger partial charge in [0.2, 0.25) is 15.9 Å². The summed E-state index contributed by atoms with van der Waals surface area (Å²) in [4.78, 5) is 12.9. The summed E-state index contributed by atoms with van der Waals surface area (Å²) in [6.07, 6.45) is 0.119. The van der Waals surface area contributed by atoms with Gasteiger partial charge in [-0.25, -0.2) is 13.1 Å². The van der Waals surface area contributed by atoms with E-state index >= 15 is 0 Å². The largest absolute Gasteiger partial charge is 0.399 e. The minimum atomic E-state index is -3.63. The Labute approximate surface area is 113 Å². The van der Waals surface area contributed by atoms with Crippen LogP contribution in [-0.2, 0) is 14.8 Å². The standard InChI is InChI=1S/C12H19N3O3S/c1-9-6-10(13)8-11(7-9)19(17,18)14-5-4-12(16)15(2)3/h6-8,14H,4-5,13H2,1-3H3. The normalized spacial score (nSPS) is 11.3. The zero-order chi connectivity index (χ0) is 14.6. The van der Waals surface area contributed by atoms with E-state index in [0.717, 1.165) is 5.56 Å². The van der Waals surface area contributed by atoms with Gasteiger partial charge in [-0.05, 0) is 30.7 Å². The van der Waals surface area contributed by atoms with E-state index in [1.165, 1.54) is 17.0 Å². The van der Waals surface area contributed by atoms with Crippen LogP contribution in [0.1, 0.15) is 12.0 Å². The molecule has 0 spiro atoms. The summed E-state index contributed by atoms with van der Waals surface area (Å²) in [5, 5.41) is 0. The van der Waals surface area contributed by atoms with Crippen molar-refractivity contribution in [2.45, 2.75) is 18.2 Å². The van der Waals surface area contributed by atoms with Crippen LogP contribution >= 0.6 is 0 Å². The van der Waals surface area contributed by atoms with Crippen LogP contribution in [0.5, 0.6) is 0 Å². The Kier molecular flexibility index (Phi) is 4.90. The molecular weight excluding hydrogens is 266 g/mol. The number of benzene rings is 1. The zero-order valence-corrected chi connectivity index (χ0v) is 12.1. The lowest BCUT2D eigenvalue weighted by Gasteiger charge is -2.11. The molecule has 0 radical (unpaired) electrons. The smallest absolute Gasteiger partial charge is 0.240 e. The summed E-state index contributed by atoms with van der Waals surface area (Å²) in [6, 6.07) is 4.62. The Morgan fingerprint density at radius 1 is 1.32 bits per heavy atom. The highest BCUT2D eigenvalue weighted by atomic mass is 32.2. The maximum atomic E-state index is 12.0. The van der Waals surface area contributed by atoms with E-state index in [-0.39, 0.29) is 23.8 Å². The average molecular weight is 285 g/mol. The second kappa shape index (κ2) is 6.03. The van der Waals surface area contributed by atoms with Crippen LogP contribution in [0.4, 0.5) is 5.69 Å². The van der Waals surface area contributed by atoms with Crippen molar-refractivity contribution >= 4 is 21.6 Å². The van der Waals surface area contributed by atoms with Crippen molar-refractivity contribution in [1.29, 1.82) is 0 Å². The molecule has 3 N–H and O–H groups in total. The number of hydrogen-bond acceptors (Lipinski definition) is 4. The van der Waals surface area contributed by atoms with Crippen LogP contribution in [0.15, 0.2) is 23.1 Å². The summed E-state index contributed by atoms with van der Waals surface area (Å²) in [7, 11) is -0.381. The minimum Gasteiger partial charge on any atom is -0.399 e. The maximum absolute atomic E-state index is 12.0. The van der Waals surface area contributed by atoms with Gasteiger partial charge in [-0.2, -0.15) is 0 Å². The SMILES string of the molecule is Cc1cc(N)cc(S(=O)(=O)NCCC(=O)N(C)C)c1. The third-order valence-electron chi connectivity index (χ3n) is 2.51. The van der Waals surface area contributed by atoms with Gasteiger partial charge >= 0.3 is 0 Å². The van der Waals surface area contributed by atoms with Crippen LogP contribution in [-0.4, -0.2) is 39.9 Å². The van der Waals surface area contributed by atoms with Crippen molar-refractivity contribution in [1.82, 2.24) is 9.62 Å². The number of carbonyl (C=O) groups is 1. The first kappa shape index (κ1) is 15.5. The molecule has 1 aromatic carbocycles. The van der Waals surface area contributed by atoms with Crippen LogP contribution in [0.3, 0.4) is 0 Å². The molecule has 0 aliphatic heterocycles. The number of sulfonamides is 1. The number of nitrogen functional groups attached to an aromatic ring is 1. The lowest BCUT2D eigenvalue weighted by Crippen LogP contribution is -2.30. The molecule has 0 heterocycles. The van der Waals surface area contributed by atoms with E-state index in [4.69, 9.17) is 5.73 Å². The Morgan fingerprint density at radius 3 is 2.47 bits per heavy atom. The Bertz CT molecular complexity index is 547. The van der Waals surface area contributed by atoms with E-state index in [1.807, 2.05) is 0 Å². The van der Waals surface area contributed by atoms with E-state index in [0.29, 0.717) is 5.69 Å². The summed E-state index contributed by atoms with van der Waals surface area (Å²) >= 11 is 0. The second-order valence-corrected chi connectivity index (χ2v) is 6.28. The average Bonchev–Trinajstić information content (AvgIpc) is 2.27. The van der Waals surface area contributed by atoms with Crippen molar-refractivity contribution in [2.24, 2.45) is 0 Å². The molecule has 0 unspecified atom stereocenters. The highest BCUT2D eigenvalue weighted by Gasteiger charge is 2.15. The molecule has 106 valence electrons. The van der Waals surface area contributed by atoms with Gasteiger partial charge in [0.15, 0.2) is 0 Å². The number of nitrogens with zero attached hydrogens (tertiary/aromatic N) is 1. The molecule has 0 fully saturated rings. The van der Waals surface area contributed by atoms with E-state index < -0.39 is 10.0 Å². The molecule has 0 aromatic heterocycles. The number of anilines is 1. The predicted molar refractivity (Wildman–Crippen MR) is 74.1 cm³/mol. The van der Waals surface area contributed by atoms with Crippen LogP contribution < -0.4 is 10.5 Å². The van der Waals surface area contributed by atoms with Crippen molar-refractivity contribution in [3.8, 4) is 0 Å². The molecule has 0 aliphatic carbocycles. The van der Waals surface area contributed by atoms with Gasteiger partial charge in [0.1, 0.15) is 0 Å². The van der Waals surface area contributed by atoms with Gasteiger partial charge < -0.3 is 10.6 Å². The molecule has 1 aromatic rings. The number of aryl methyl sites for hydroxylation is 1. The number of amides is 1. The molecule has 1 amide bonds. The second-order valence-electron chi connectivity index (χ2n) is 4.52. The molecule has 7 heteroatoms. The molecule has 0 bridgehead atoms. The lowest BCUT2D eigenvalue weighted by molar-refractivity contribution is -0.128. The van der Waals surface area contributed by atoms with Crippen molar-refractivity contribution in [2.75, 3.05) is 26.4 Å². The zero-order valence-electron chi connectivity index (χ0n) is 11.3. The molecule has 1 rings (SSSR count). The summed E-state index contributed by atoms with van der Waals surface area (Å²) in [5.41, 5.74) is 6.78. The fourth-order valence-corrected chi connectivity index (χ4v) is 2.70. The highest BCUT2D eigenvalue weighted by Crippen LogP contribution is 2.15. The summed E-state index contributed by atoms with van der Waals surface area (Å²) in [6.45, 7) is 1.83. The van der Waals surface area contributed by atoms with E-state index in [2.05, 4.69) is 4.72 Å². The molecule has 0 aliphatic rings. The van der Waals surface area contributed by atoms with Gasteiger partial charge in [0.25, 0.3) is 0 Å². The number of rotatable bonds is 5. The van der Waals surface area contributed by atoms with Crippen molar-refractivity contribution < 1.29 is 13.2 Å². The highest BCUT2D eigenvalue weighted by molar-refractivity contribution is 7.89. The predicted octanol–water partition coefficient (Wildman–Crippen LogP) is 0.334. The number of carbonyl (C=O) groups excluding carboxylic acids is 1. The number of hydrogen-bond donors (Lipinski definition) is 2. The molecule has 0 atom stereocenters. The van der Waals surface area contributed by atoms with Crippen LogP contribution in [0.25, 0.3) is 0 Å². The quantitative estimate of drug-likeness (QED) is 0.763. The maximum Gasteiger partial charge on any atom is 0.240 e. The fourth-order valence-electron chi connectivity index (χ4n) is 1.53. The lowest BCUT2D eigenvalue weighted by atomic mass is 10.2. The topological polar surface area (TPSA) is 92.5 Å². The molecule has 0 saturated carbocycles. The minimum absolute atomic E-state index is 0.0627. The molecule has 6 nitrogen and oxygen atoms in total. The van der Waals surface area contributed by atoms with Gasteiger partial charge in [0, 0.05) is 32.7 Å². The van der Waals surface area contributed by atoms with Crippen LogP contribution in [0, 0.1) is 6.92 Å². The number of nitrogens with two attached hydrogens (primary N) is 1. The number of nitrogens with one attached hydrogen (secondary N) is 1. The Balaban J connectivity index is 2.74. The molecule has 0 saturated heterocycles. The molecule has 19 heavy (non-hydrogen) atoms. The van der Waals surface area contributed by atoms with Crippen molar-refractivity contribution in [3.05, 3.63) is 23.8 Å². The first-order valence-corrected chi connectivity index (χ1v) is 7.27. The first-order valence-electron chi connectivity index (χ1n) is 5.79. The van der Waals surface area contributed by atoms with E-state index in [1.54, 1.807) is 27.1 Å². The summed E-state index contributed by atoms with van der Waals surface area (Å²) in [5.74, 6) is -0.133. The van der Waals surface area contributed by atoms with Gasteiger partial charge in [0.05, 0.1) is 4.90 Å². The summed E-state index contributed by atoms with van der Waals surface area (Å²) < 4.78 is 26.4. The van der Waals surface area contributed by atoms with Gasteiger partial charge in [-0.3, -0.25) is 4.79 Å². The fraction of sp³-hybridized carbons (Fsp3) is 0.417. The third kappa shape index (κ3) is 4.53. The van der Waals surface area contributed by atoms with Crippen molar-refractivity contribution in [3.63, 3.8) is 0 Å². The van der Waals surface area contributed by atoms with E-state index in [9.17, 15) is 13.2 Å². The monoisotopic (exact) mass is 285 g/mol. The van der Waals surface area contributed by atoms with Gasteiger partial charge in [-0.15, -0.1) is 0 Å². The Morgan fingerprint density at radius 2 is 1.95 bits per heavy atom. The Hall–Kier alpha value is -1.60. The first-order chi connectivity index (χ1) is 8.72. The van der Waals surface area contributed by atoms with Crippen LogP contribution in [0.2, 0.25) is 0 Å². The molecular formula is C12H19N3O3S. The third-order valence-corrected chi connectivity index (χ3v) is 3.95. The van der Waals surface area contributed by atoms with Gasteiger partial charge in [-0.1, -0.05) is 0 Å².